The normalized spacial score (nSPS) is 20.0. The Balaban J connectivity index is 1.47. The molecule has 2 aliphatic rings. The summed E-state index contributed by atoms with van der Waals surface area (Å²) in [6.45, 7) is 5.39. The van der Waals surface area contributed by atoms with Crippen molar-refractivity contribution in [2.45, 2.75) is 18.4 Å². The number of aryl methyl sites for hydroxylation is 1. The molecule has 1 fully saturated rings. The van der Waals surface area contributed by atoms with Crippen LogP contribution in [0.3, 0.4) is 0 Å². The van der Waals surface area contributed by atoms with E-state index in [1.54, 1.807) is 19.1 Å². The van der Waals surface area contributed by atoms with E-state index < -0.39 is 10.0 Å². The molecule has 0 N–H and O–H groups in total. The van der Waals surface area contributed by atoms with Gasteiger partial charge in [-0.15, -0.1) is 4.40 Å². The van der Waals surface area contributed by atoms with E-state index in [4.69, 9.17) is 4.52 Å². The Morgan fingerprint density at radius 1 is 1.17 bits per heavy atom. The summed E-state index contributed by atoms with van der Waals surface area (Å²) in [6, 6.07) is 6.98. The largest absolute Gasteiger partial charge is 0.353 e. The molecule has 9 heteroatoms. The number of sulfonamides is 1. The number of hydrogen-bond donors (Lipinski definition) is 0. The van der Waals surface area contributed by atoms with Crippen LogP contribution in [0, 0.1) is 6.92 Å². The third-order valence-corrected chi connectivity index (χ3v) is 5.54. The number of rotatable bonds is 2. The topological polar surface area (TPSA) is 91.9 Å². The molecule has 0 radical (unpaired) electrons. The molecule has 0 spiro atoms. The highest BCUT2D eigenvalue weighted by atomic mass is 32.2. The Labute approximate surface area is 139 Å². The maximum Gasteiger partial charge on any atom is 0.285 e. The van der Waals surface area contributed by atoms with E-state index in [1.165, 1.54) is 0 Å². The summed E-state index contributed by atoms with van der Waals surface area (Å²) in [4.78, 5) is 8.76. The van der Waals surface area contributed by atoms with E-state index in [9.17, 15) is 8.42 Å². The fraction of sp³-hybridized carbons (Fsp3) is 0.400. The summed E-state index contributed by atoms with van der Waals surface area (Å²) >= 11 is 0. The van der Waals surface area contributed by atoms with Crippen molar-refractivity contribution in [1.82, 2.24) is 19.9 Å². The second-order valence-electron chi connectivity index (χ2n) is 5.88. The lowest BCUT2D eigenvalue weighted by Crippen LogP contribution is -2.48. The van der Waals surface area contributed by atoms with Crippen LogP contribution in [0.1, 0.15) is 17.3 Å². The van der Waals surface area contributed by atoms with Gasteiger partial charge in [-0.05, 0) is 12.1 Å². The molecule has 3 heterocycles. The van der Waals surface area contributed by atoms with Crippen molar-refractivity contribution in [3.8, 4) is 0 Å². The smallest absolute Gasteiger partial charge is 0.285 e. The zero-order valence-corrected chi connectivity index (χ0v) is 14.0. The number of amidine groups is 1. The molecule has 0 bridgehead atoms. The second-order valence-corrected chi connectivity index (χ2v) is 7.45. The van der Waals surface area contributed by atoms with Crippen LogP contribution < -0.4 is 0 Å². The highest BCUT2D eigenvalue weighted by Gasteiger charge is 2.32. The number of benzene rings is 1. The number of hydrogen-bond acceptors (Lipinski definition) is 7. The van der Waals surface area contributed by atoms with Crippen molar-refractivity contribution in [2.75, 3.05) is 26.2 Å². The predicted molar refractivity (Wildman–Crippen MR) is 86.0 cm³/mol. The van der Waals surface area contributed by atoms with Crippen LogP contribution in [0.15, 0.2) is 38.1 Å². The lowest BCUT2D eigenvalue weighted by atomic mass is 10.1. The summed E-state index contributed by atoms with van der Waals surface area (Å²) < 4.78 is 33.3. The number of aromatic nitrogens is 2. The van der Waals surface area contributed by atoms with Crippen molar-refractivity contribution in [1.29, 1.82) is 0 Å². The fourth-order valence-electron chi connectivity index (χ4n) is 3.04. The Morgan fingerprint density at radius 3 is 2.62 bits per heavy atom. The van der Waals surface area contributed by atoms with Gasteiger partial charge in [0.05, 0.1) is 6.54 Å². The van der Waals surface area contributed by atoms with Crippen molar-refractivity contribution in [2.24, 2.45) is 4.40 Å². The first-order chi connectivity index (χ1) is 11.5. The predicted octanol–water partition coefficient (Wildman–Crippen LogP) is 0.645. The van der Waals surface area contributed by atoms with E-state index in [1.807, 2.05) is 17.0 Å². The third-order valence-electron chi connectivity index (χ3n) is 4.22. The first-order valence-electron chi connectivity index (χ1n) is 7.74. The molecule has 24 heavy (non-hydrogen) atoms. The van der Waals surface area contributed by atoms with Crippen LogP contribution in [-0.4, -0.2) is 60.4 Å². The molecule has 126 valence electrons. The van der Waals surface area contributed by atoms with Gasteiger partial charge in [-0.1, -0.05) is 17.3 Å². The molecule has 2 aromatic rings. The molecule has 8 nitrogen and oxygen atoms in total. The van der Waals surface area contributed by atoms with Gasteiger partial charge in [-0.25, -0.2) is 0 Å². The van der Waals surface area contributed by atoms with Gasteiger partial charge in [0.1, 0.15) is 4.90 Å². The molecule has 0 amide bonds. The lowest BCUT2D eigenvalue weighted by molar-refractivity contribution is 0.171. The van der Waals surface area contributed by atoms with Gasteiger partial charge < -0.3 is 9.42 Å². The minimum atomic E-state index is -3.56. The van der Waals surface area contributed by atoms with Crippen molar-refractivity contribution in [3.63, 3.8) is 0 Å². The maximum absolute atomic E-state index is 12.2. The molecular weight excluding hydrogens is 330 g/mol. The molecule has 0 unspecified atom stereocenters. The quantitative estimate of drug-likeness (QED) is 0.787. The molecule has 4 rings (SSSR count). The summed E-state index contributed by atoms with van der Waals surface area (Å²) in [6.07, 6.45) is 0. The second kappa shape index (κ2) is 5.67. The van der Waals surface area contributed by atoms with Gasteiger partial charge in [0.25, 0.3) is 10.0 Å². The standard InChI is InChI=1S/C15H17N5O3S/c1-11-16-14(17-23-11)10-19-6-8-20(9-7-19)15-12-4-2-3-5-13(12)24(21,22)18-15/h2-5H,6-10H2,1H3. The van der Waals surface area contributed by atoms with Gasteiger partial charge in [-0.3, -0.25) is 4.90 Å². The average Bonchev–Trinajstić information content (AvgIpc) is 3.10. The van der Waals surface area contributed by atoms with Gasteiger partial charge in [0, 0.05) is 38.7 Å². The first kappa shape index (κ1) is 15.3. The average molecular weight is 347 g/mol. The van der Waals surface area contributed by atoms with Crippen molar-refractivity contribution < 1.29 is 12.9 Å². The SMILES string of the molecule is Cc1nc(CN2CCN(C3=NS(=O)(=O)c4ccccc43)CC2)no1. The van der Waals surface area contributed by atoms with Crippen LogP contribution in [0.25, 0.3) is 0 Å². The van der Waals surface area contributed by atoms with E-state index in [0.29, 0.717) is 47.6 Å². The van der Waals surface area contributed by atoms with Gasteiger partial charge in [0.15, 0.2) is 11.7 Å². The Bertz CT molecular complexity index is 897. The van der Waals surface area contributed by atoms with Crippen LogP contribution in [-0.2, 0) is 16.6 Å². The molecule has 0 saturated carbocycles. The van der Waals surface area contributed by atoms with E-state index in [-0.39, 0.29) is 0 Å². The van der Waals surface area contributed by atoms with Crippen LogP contribution in [0.5, 0.6) is 0 Å². The lowest BCUT2D eigenvalue weighted by Gasteiger charge is -2.35. The molecule has 1 aromatic carbocycles. The Morgan fingerprint density at radius 2 is 1.92 bits per heavy atom. The zero-order valence-electron chi connectivity index (χ0n) is 13.2. The minimum Gasteiger partial charge on any atom is -0.353 e. The summed E-state index contributed by atoms with van der Waals surface area (Å²) in [7, 11) is -3.56. The van der Waals surface area contributed by atoms with E-state index >= 15 is 0 Å². The first-order valence-corrected chi connectivity index (χ1v) is 9.18. The highest BCUT2D eigenvalue weighted by molar-refractivity contribution is 7.90. The van der Waals surface area contributed by atoms with Gasteiger partial charge in [-0.2, -0.15) is 13.4 Å². The van der Waals surface area contributed by atoms with Crippen LogP contribution >= 0.6 is 0 Å². The Hall–Kier alpha value is -2.26. The summed E-state index contributed by atoms with van der Waals surface area (Å²) in [5, 5.41) is 3.91. The number of fused-ring (bicyclic) bond motifs is 1. The van der Waals surface area contributed by atoms with E-state index in [0.717, 1.165) is 13.1 Å². The molecule has 2 aliphatic heterocycles. The summed E-state index contributed by atoms with van der Waals surface area (Å²) in [5.41, 5.74) is 0.694. The van der Waals surface area contributed by atoms with Gasteiger partial charge >= 0.3 is 0 Å². The highest BCUT2D eigenvalue weighted by Crippen LogP contribution is 2.27. The monoisotopic (exact) mass is 347 g/mol. The van der Waals surface area contributed by atoms with Crippen LogP contribution in [0.4, 0.5) is 0 Å². The summed E-state index contributed by atoms with van der Waals surface area (Å²) in [5.74, 6) is 1.79. The molecule has 0 atom stereocenters. The molecule has 1 aromatic heterocycles. The third kappa shape index (κ3) is 2.69. The van der Waals surface area contributed by atoms with Gasteiger partial charge in [0.2, 0.25) is 5.89 Å². The molecule has 0 aliphatic carbocycles. The van der Waals surface area contributed by atoms with Crippen molar-refractivity contribution >= 4 is 15.9 Å². The minimum absolute atomic E-state index is 0.296. The van der Waals surface area contributed by atoms with Crippen molar-refractivity contribution in [3.05, 3.63) is 41.5 Å². The molecule has 1 saturated heterocycles. The maximum atomic E-state index is 12.2. The zero-order chi connectivity index (χ0) is 16.7. The number of piperazine rings is 1. The van der Waals surface area contributed by atoms with Crippen LogP contribution in [0.2, 0.25) is 0 Å². The Kier molecular flexibility index (Phi) is 3.61. The number of nitrogens with zero attached hydrogens (tertiary/aromatic N) is 5. The fourth-order valence-corrected chi connectivity index (χ4v) is 4.27. The molecular formula is C15H17N5O3S. The van der Waals surface area contributed by atoms with E-state index in [2.05, 4.69) is 19.4 Å².